The van der Waals surface area contributed by atoms with Crippen LogP contribution in [-0.4, -0.2) is 24.3 Å². The first kappa shape index (κ1) is 16.7. The zero-order chi connectivity index (χ0) is 17.9. The van der Waals surface area contributed by atoms with Crippen molar-refractivity contribution < 1.29 is 17.6 Å². The second-order valence-corrected chi connectivity index (χ2v) is 6.62. The Morgan fingerprint density at radius 3 is 2.56 bits per heavy atom. The molecule has 0 aliphatic rings. The van der Waals surface area contributed by atoms with Crippen LogP contribution < -0.4 is 5.32 Å². The Balaban J connectivity index is 1.73. The normalized spacial score (nSPS) is 11.1. The number of furan rings is 1. The van der Waals surface area contributed by atoms with Gasteiger partial charge < -0.3 is 19.7 Å². The molecule has 3 rings (SSSR count). The number of sulfonamides is 1. The molecule has 128 valence electrons. The van der Waals surface area contributed by atoms with E-state index < -0.39 is 15.9 Å². The van der Waals surface area contributed by atoms with Crippen LogP contribution in [0.3, 0.4) is 0 Å². The summed E-state index contributed by atoms with van der Waals surface area (Å²) in [7, 11) is -3.95. The van der Waals surface area contributed by atoms with Crippen molar-refractivity contribution in [1.29, 1.82) is 0 Å². The zero-order valence-electron chi connectivity index (χ0n) is 13.1. The monoisotopic (exact) mass is 357 g/mol. The number of carbonyl (C=O) groups excluding carboxylic acids is 1. The topological polar surface area (TPSA) is 116 Å². The number of carbonyl (C=O) groups is 1. The number of hydrogen-bond acceptors (Lipinski definition) is 6. The van der Waals surface area contributed by atoms with Crippen LogP contribution in [0, 0.1) is 6.92 Å². The van der Waals surface area contributed by atoms with E-state index in [2.05, 4.69) is 20.0 Å². The summed E-state index contributed by atoms with van der Waals surface area (Å²) in [4.78, 5) is 19.6. The molecule has 25 heavy (non-hydrogen) atoms. The summed E-state index contributed by atoms with van der Waals surface area (Å²) in [5.41, 5.74) is 1.03. The maximum atomic E-state index is 12.3. The molecule has 2 heterocycles. The SMILES string of the molecule is Cc1ccnc([N-]S(=O)(=O)c2ccc(NC(=O)c3ccco3)cc2)n1. The molecule has 0 bridgehead atoms. The van der Waals surface area contributed by atoms with Crippen LogP contribution in [-0.2, 0) is 10.0 Å². The molecule has 0 unspecified atom stereocenters. The molecule has 0 aliphatic heterocycles. The molecule has 1 amide bonds. The van der Waals surface area contributed by atoms with Gasteiger partial charge in [-0.3, -0.25) is 9.52 Å². The Bertz CT molecular complexity index is 983. The first-order chi connectivity index (χ1) is 11.9. The van der Waals surface area contributed by atoms with Crippen LogP contribution in [0.15, 0.2) is 64.2 Å². The molecule has 0 spiro atoms. The van der Waals surface area contributed by atoms with Gasteiger partial charge in [0.1, 0.15) is 0 Å². The van der Waals surface area contributed by atoms with E-state index in [0.717, 1.165) is 0 Å². The molecule has 2 aromatic heterocycles. The van der Waals surface area contributed by atoms with Crippen LogP contribution in [0.5, 0.6) is 0 Å². The molecular weight excluding hydrogens is 344 g/mol. The highest BCUT2D eigenvalue weighted by molar-refractivity contribution is 7.94. The number of hydrogen-bond donors (Lipinski definition) is 1. The molecule has 0 aliphatic carbocycles. The van der Waals surface area contributed by atoms with E-state index in [4.69, 9.17) is 4.42 Å². The minimum Gasteiger partial charge on any atom is -0.459 e. The molecule has 0 radical (unpaired) electrons. The number of rotatable bonds is 5. The molecular formula is C16H13N4O4S-. The average molecular weight is 357 g/mol. The Morgan fingerprint density at radius 2 is 1.92 bits per heavy atom. The van der Waals surface area contributed by atoms with Gasteiger partial charge in [-0.25, -0.2) is 8.42 Å². The van der Waals surface area contributed by atoms with Crippen molar-refractivity contribution in [2.75, 3.05) is 5.32 Å². The Hall–Kier alpha value is -3.20. The van der Waals surface area contributed by atoms with E-state index in [1.165, 1.54) is 42.8 Å². The van der Waals surface area contributed by atoms with Crippen LogP contribution in [0.4, 0.5) is 11.6 Å². The highest BCUT2D eigenvalue weighted by atomic mass is 32.2. The van der Waals surface area contributed by atoms with Gasteiger partial charge in [0.05, 0.1) is 11.2 Å². The average Bonchev–Trinajstić information content (AvgIpc) is 3.09. The summed E-state index contributed by atoms with van der Waals surface area (Å²) in [6.45, 7) is 1.71. The van der Waals surface area contributed by atoms with Gasteiger partial charge in [0.25, 0.3) is 5.91 Å². The largest absolute Gasteiger partial charge is 0.459 e. The summed E-state index contributed by atoms with van der Waals surface area (Å²) in [5.74, 6) is -0.406. The van der Waals surface area contributed by atoms with E-state index in [1.807, 2.05) is 0 Å². The maximum absolute atomic E-state index is 12.3. The summed E-state index contributed by atoms with van der Waals surface area (Å²) in [6, 6.07) is 10.4. The van der Waals surface area contributed by atoms with Crippen LogP contribution in [0.25, 0.3) is 4.72 Å². The molecule has 1 N–H and O–H groups in total. The number of amides is 1. The Kier molecular flexibility index (Phi) is 4.48. The summed E-state index contributed by atoms with van der Waals surface area (Å²) < 4.78 is 33.2. The first-order valence-electron chi connectivity index (χ1n) is 7.17. The molecule has 0 fully saturated rings. The first-order valence-corrected chi connectivity index (χ1v) is 8.61. The zero-order valence-corrected chi connectivity index (χ0v) is 13.9. The highest BCUT2D eigenvalue weighted by Gasteiger charge is 2.13. The van der Waals surface area contributed by atoms with Crippen molar-refractivity contribution in [3.05, 3.63) is 71.1 Å². The third-order valence-corrected chi connectivity index (χ3v) is 4.41. The fourth-order valence-electron chi connectivity index (χ4n) is 1.95. The fourth-order valence-corrected chi connectivity index (χ4v) is 2.84. The Labute approximate surface area is 144 Å². The van der Waals surface area contributed by atoms with Crippen molar-refractivity contribution in [3.8, 4) is 0 Å². The summed E-state index contributed by atoms with van der Waals surface area (Å²) in [5, 5.41) is 2.60. The van der Waals surface area contributed by atoms with E-state index in [9.17, 15) is 13.2 Å². The molecule has 1 aromatic carbocycles. The number of aromatic nitrogens is 2. The standard InChI is InChI=1S/C16H14N4O4S/c1-11-8-9-17-16(18-11)20-25(22,23)13-6-4-12(5-7-13)19-15(21)14-3-2-10-24-14/h2-10H,1H3,(H2,17,18,19,20,21)/p-1. The molecule has 3 aromatic rings. The predicted octanol–water partition coefficient (Wildman–Crippen LogP) is 3.02. The van der Waals surface area contributed by atoms with E-state index in [0.29, 0.717) is 11.4 Å². The number of benzene rings is 1. The lowest BCUT2D eigenvalue weighted by Gasteiger charge is -2.13. The molecule has 8 nitrogen and oxygen atoms in total. The van der Waals surface area contributed by atoms with Crippen LogP contribution in [0.1, 0.15) is 16.2 Å². The Morgan fingerprint density at radius 1 is 1.16 bits per heavy atom. The molecule has 9 heteroatoms. The number of nitrogens with one attached hydrogen (secondary N) is 1. The van der Waals surface area contributed by atoms with Crippen molar-refractivity contribution in [2.45, 2.75) is 11.8 Å². The molecule has 0 atom stereocenters. The van der Waals surface area contributed by atoms with E-state index >= 15 is 0 Å². The van der Waals surface area contributed by atoms with Crippen molar-refractivity contribution in [3.63, 3.8) is 0 Å². The quantitative estimate of drug-likeness (QED) is 0.750. The minimum absolute atomic E-state index is 0.0337. The minimum atomic E-state index is -3.95. The van der Waals surface area contributed by atoms with Gasteiger partial charge >= 0.3 is 0 Å². The molecule has 0 saturated carbocycles. The summed E-state index contributed by atoms with van der Waals surface area (Å²) in [6.07, 6.45) is 2.82. The van der Waals surface area contributed by atoms with Crippen LogP contribution in [0.2, 0.25) is 0 Å². The van der Waals surface area contributed by atoms with Gasteiger partial charge in [0.2, 0.25) is 10.0 Å². The van der Waals surface area contributed by atoms with Crippen molar-refractivity contribution >= 4 is 27.6 Å². The van der Waals surface area contributed by atoms with Crippen LogP contribution >= 0.6 is 0 Å². The van der Waals surface area contributed by atoms with E-state index in [1.54, 1.807) is 19.1 Å². The van der Waals surface area contributed by atoms with Crippen molar-refractivity contribution in [1.82, 2.24) is 9.97 Å². The van der Waals surface area contributed by atoms with Gasteiger partial charge in [-0.1, -0.05) is 6.07 Å². The maximum Gasteiger partial charge on any atom is 0.291 e. The smallest absolute Gasteiger partial charge is 0.291 e. The predicted molar refractivity (Wildman–Crippen MR) is 90.1 cm³/mol. The van der Waals surface area contributed by atoms with Gasteiger partial charge in [-0.05, 0) is 55.2 Å². The summed E-state index contributed by atoms with van der Waals surface area (Å²) >= 11 is 0. The lowest BCUT2D eigenvalue weighted by atomic mass is 10.3. The third kappa shape index (κ3) is 4.01. The van der Waals surface area contributed by atoms with E-state index in [-0.39, 0.29) is 16.6 Å². The van der Waals surface area contributed by atoms with Crippen molar-refractivity contribution in [2.24, 2.45) is 0 Å². The highest BCUT2D eigenvalue weighted by Crippen LogP contribution is 2.25. The fraction of sp³-hybridized carbons (Fsp3) is 0.0625. The lowest BCUT2D eigenvalue weighted by molar-refractivity contribution is 0.0996. The second-order valence-electron chi connectivity index (χ2n) is 5.02. The van der Waals surface area contributed by atoms with Gasteiger partial charge in [-0.2, -0.15) is 0 Å². The second kappa shape index (κ2) is 6.73. The van der Waals surface area contributed by atoms with Gasteiger partial charge in [0.15, 0.2) is 5.76 Å². The molecule has 0 saturated heterocycles. The lowest BCUT2D eigenvalue weighted by Crippen LogP contribution is -2.10. The van der Waals surface area contributed by atoms with Gasteiger partial charge in [-0.15, -0.1) is 0 Å². The number of anilines is 1. The van der Waals surface area contributed by atoms with Gasteiger partial charge in [0, 0.05) is 11.6 Å². The number of nitrogens with zero attached hydrogens (tertiary/aromatic N) is 3. The third-order valence-electron chi connectivity index (χ3n) is 3.14. The number of aryl methyl sites for hydroxylation is 1.